The fourth-order valence-electron chi connectivity index (χ4n) is 3.56. The van der Waals surface area contributed by atoms with Crippen LogP contribution in [0.15, 0.2) is 54.8 Å². The topological polar surface area (TPSA) is 61.4 Å². The van der Waals surface area contributed by atoms with Crippen molar-refractivity contribution in [2.24, 2.45) is 0 Å². The largest absolute Gasteiger partial charge is 0.508 e. The number of benzene rings is 2. The third-order valence-corrected chi connectivity index (χ3v) is 5.19. The first-order valence-electron chi connectivity index (χ1n) is 9.84. The van der Waals surface area contributed by atoms with Crippen LogP contribution < -0.4 is 10.6 Å². The number of phenolic OH excluding ortho intramolecular Hbond substituents is 1. The van der Waals surface area contributed by atoms with Gasteiger partial charge in [-0.25, -0.2) is 0 Å². The molecule has 4 nitrogen and oxygen atoms in total. The quantitative estimate of drug-likeness (QED) is 0.594. The van der Waals surface area contributed by atoms with Gasteiger partial charge < -0.3 is 15.7 Å². The molecule has 0 unspecified atom stereocenters. The van der Waals surface area contributed by atoms with Gasteiger partial charge in [-0.1, -0.05) is 66.3 Å². The molecule has 1 amide bonds. The maximum absolute atomic E-state index is 13.1. The number of para-hydroxylation sites is 1. The normalized spacial score (nSPS) is 14.0. The molecule has 1 aliphatic heterocycles. The standard InChI is InChI=1S/C25H30N2O2/c1-15-16-10-8-9-11-20(16)26-14-17(15)23(29)27-21-13-22(28)19(25(5,6)7)12-18(21)24(2,3)4/h8-14,26,28H,1H2,2-7H3,(H,27,29). The number of aromatic hydroxyl groups is 1. The Balaban J connectivity index is 1.98. The summed E-state index contributed by atoms with van der Waals surface area (Å²) >= 11 is 0. The van der Waals surface area contributed by atoms with E-state index in [1.54, 1.807) is 12.3 Å². The zero-order valence-corrected chi connectivity index (χ0v) is 18.1. The van der Waals surface area contributed by atoms with Crippen LogP contribution in [0.2, 0.25) is 0 Å². The van der Waals surface area contributed by atoms with Crippen molar-refractivity contribution in [1.82, 2.24) is 0 Å². The van der Waals surface area contributed by atoms with Crippen molar-refractivity contribution in [2.75, 3.05) is 10.6 Å². The highest BCUT2D eigenvalue weighted by Gasteiger charge is 2.27. The molecule has 2 aromatic carbocycles. The van der Waals surface area contributed by atoms with Crippen LogP contribution >= 0.6 is 0 Å². The van der Waals surface area contributed by atoms with Crippen molar-refractivity contribution in [3.8, 4) is 5.75 Å². The number of carbonyl (C=O) groups excluding carboxylic acids is 1. The van der Waals surface area contributed by atoms with Crippen LogP contribution in [0.25, 0.3) is 5.57 Å². The Kier molecular flexibility index (Phi) is 5.08. The summed E-state index contributed by atoms with van der Waals surface area (Å²) in [6, 6.07) is 11.4. The first-order chi connectivity index (χ1) is 13.4. The fraction of sp³-hybridized carbons (Fsp3) is 0.320. The maximum Gasteiger partial charge on any atom is 0.257 e. The number of phenols is 1. The second kappa shape index (κ2) is 7.11. The molecule has 0 aliphatic carbocycles. The lowest BCUT2D eigenvalue weighted by molar-refractivity contribution is -0.112. The van der Waals surface area contributed by atoms with E-state index in [0.717, 1.165) is 22.4 Å². The predicted molar refractivity (Wildman–Crippen MR) is 121 cm³/mol. The van der Waals surface area contributed by atoms with Gasteiger partial charge in [-0.2, -0.15) is 0 Å². The highest BCUT2D eigenvalue weighted by atomic mass is 16.3. The smallest absolute Gasteiger partial charge is 0.257 e. The molecule has 0 saturated carbocycles. The lowest BCUT2D eigenvalue weighted by Crippen LogP contribution is -2.23. The molecule has 1 aliphatic rings. The van der Waals surface area contributed by atoms with Gasteiger partial charge in [0.2, 0.25) is 0 Å². The average molecular weight is 391 g/mol. The molecule has 0 radical (unpaired) electrons. The Bertz CT molecular complexity index is 1020. The van der Waals surface area contributed by atoms with Crippen molar-refractivity contribution in [3.05, 3.63) is 71.4 Å². The highest BCUT2D eigenvalue weighted by molar-refractivity contribution is 6.17. The van der Waals surface area contributed by atoms with Gasteiger partial charge in [0.1, 0.15) is 5.75 Å². The van der Waals surface area contributed by atoms with Crippen molar-refractivity contribution < 1.29 is 9.90 Å². The molecule has 0 atom stereocenters. The van der Waals surface area contributed by atoms with Gasteiger partial charge in [0.25, 0.3) is 5.91 Å². The average Bonchev–Trinajstić information content (AvgIpc) is 2.60. The lowest BCUT2D eigenvalue weighted by Gasteiger charge is -2.29. The minimum absolute atomic E-state index is 0.181. The van der Waals surface area contributed by atoms with Crippen LogP contribution in [0.3, 0.4) is 0 Å². The first kappa shape index (κ1) is 20.7. The molecule has 0 fully saturated rings. The number of nitrogens with one attached hydrogen (secondary N) is 2. The molecule has 4 heteroatoms. The highest BCUT2D eigenvalue weighted by Crippen LogP contribution is 2.40. The van der Waals surface area contributed by atoms with Crippen LogP contribution in [0.4, 0.5) is 11.4 Å². The Labute approximate surface area is 173 Å². The minimum atomic E-state index is -0.259. The van der Waals surface area contributed by atoms with E-state index in [1.165, 1.54) is 0 Å². The Hall–Kier alpha value is -3.01. The van der Waals surface area contributed by atoms with E-state index in [-0.39, 0.29) is 22.5 Å². The second-order valence-corrected chi connectivity index (χ2v) is 9.60. The minimum Gasteiger partial charge on any atom is -0.508 e. The summed E-state index contributed by atoms with van der Waals surface area (Å²) in [7, 11) is 0. The first-order valence-corrected chi connectivity index (χ1v) is 9.84. The number of anilines is 2. The number of hydrogen-bond acceptors (Lipinski definition) is 3. The van der Waals surface area contributed by atoms with Crippen LogP contribution in [-0.4, -0.2) is 11.0 Å². The SMILES string of the molecule is C=C1C(C(=O)Nc2cc(O)c(C(C)(C)C)cc2C(C)(C)C)=CNc2ccccc21. The van der Waals surface area contributed by atoms with Gasteiger partial charge in [0, 0.05) is 29.2 Å². The van der Waals surface area contributed by atoms with Crippen LogP contribution in [0, 0.1) is 0 Å². The number of carbonyl (C=O) groups is 1. The van der Waals surface area contributed by atoms with E-state index in [4.69, 9.17) is 0 Å². The Morgan fingerprint density at radius 3 is 2.24 bits per heavy atom. The molecular weight excluding hydrogens is 360 g/mol. The molecule has 0 spiro atoms. The van der Waals surface area contributed by atoms with E-state index in [9.17, 15) is 9.90 Å². The van der Waals surface area contributed by atoms with Crippen molar-refractivity contribution in [2.45, 2.75) is 52.4 Å². The van der Waals surface area contributed by atoms with Crippen LogP contribution in [-0.2, 0) is 15.6 Å². The summed E-state index contributed by atoms with van der Waals surface area (Å²) in [5.74, 6) is -0.0777. The zero-order valence-electron chi connectivity index (χ0n) is 18.1. The summed E-state index contributed by atoms with van der Waals surface area (Å²) in [6.45, 7) is 16.6. The van der Waals surface area contributed by atoms with E-state index >= 15 is 0 Å². The van der Waals surface area contributed by atoms with Crippen LogP contribution in [0.1, 0.15) is 58.2 Å². The molecular formula is C25H30N2O2. The third kappa shape index (κ3) is 4.07. The van der Waals surface area contributed by atoms with E-state index in [2.05, 4.69) is 58.8 Å². The van der Waals surface area contributed by atoms with E-state index in [0.29, 0.717) is 16.8 Å². The molecule has 3 N–H and O–H groups in total. The van der Waals surface area contributed by atoms with Gasteiger partial charge in [0.15, 0.2) is 0 Å². The number of hydrogen-bond donors (Lipinski definition) is 3. The van der Waals surface area contributed by atoms with E-state index < -0.39 is 0 Å². The van der Waals surface area contributed by atoms with Crippen molar-refractivity contribution in [1.29, 1.82) is 0 Å². The van der Waals surface area contributed by atoms with Gasteiger partial charge in [-0.3, -0.25) is 4.79 Å². The van der Waals surface area contributed by atoms with Crippen molar-refractivity contribution in [3.63, 3.8) is 0 Å². The van der Waals surface area contributed by atoms with Gasteiger partial charge in [-0.15, -0.1) is 0 Å². The summed E-state index contributed by atoms with van der Waals surface area (Å²) in [4.78, 5) is 13.1. The molecule has 2 aromatic rings. The van der Waals surface area contributed by atoms with Crippen LogP contribution in [0.5, 0.6) is 5.75 Å². The summed E-state index contributed by atoms with van der Waals surface area (Å²) in [6.07, 6.45) is 1.68. The summed E-state index contributed by atoms with van der Waals surface area (Å²) < 4.78 is 0. The Morgan fingerprint density at radius 1 is 1.00 bits per heavy atom. The van der Waals surface area contributed by atoms with Gasteiger partial charge >= 0.3 is 0 Å². The second-order valence-electron chi connectivity index (χ2n) is 9.60. The monoisotopic (exact) mass is 390 g/mol. The third-order valence-electron chi connectivity index (χ3n) is 5.19. The molecule has 0 bridgehead atoms. The molecule has 1 heterocycles. The van der Waals surface area contributed by atoms with Crippen molar-refractivity contribution >= 4 is 22.9 Å². The lowest BCUT2D eigenvalue weighted by atomic mass is 9.79. The number of amides is 1. The molecule has 0 saturated heterocycles. The summed E-state index contributed by atoms with van der Waals surface area (Å²) in [5.41, 5.74) is 5.01. The molecule has 152 valence electrons. The Morgan fingerprint density at radius 2 is 1.62 bits per heavy atom. The predicted octanol–water partition coefficient (Wildman–Crippen LogP) is 5.95. The fourth-order valence-corrected chi connectivity index (χ4v) is 3.56. The van der Waals surface area contributed by atoms with Gasteiger partial charge in [0.05, 0.1) is 5.57 Å². The number of fused-ring (bicyclic) bond motifs is 1. The molecule has 0 aromatic heterocycles. The zero-order chi connectivity index (χ0) is 21.6. The van der Waals surface area contributed by atoms with E-state index in [1.807, 2.05) is 30.3 Å². The van der Waals surface area contributed by atoms with Gasteiger partial charge in [-0.05, 0) is 39.7 Å². The molecule has 29 heavy (non-hydrogen) atoms. The summed E-state index contributed by atoms with van der Waals surface area (Å²) in [5, 5.41) is 16.8. The molecule has 3 rings (SSSR count). The number of rotatable bonds is 2. The maximum atomic E-state index is 13.1.